The molecule has 0 unspecified atom stereocenters. The van der Waals surface area contributed by atoms with Gasteiger partial charge in [-0.25, -0.2) is 0 Å². The van der Waals surface area contributed by atoms with Gasteiger partial charge in [0, 0.05) is 19.1 Å². The summed E-state index contributed by atoms with van der Waals surface area (Å²) in [5, 5.41) is 9.23. The Balaban J connectivity index is 1.68. The van der Waals surface area contributed by atoms with Crippen molar-refractivity contribution in [1.82, 2.24) is 4.90 Å². The minimum atomic E-state index is -0.0447. The third-order valence-electron chi connectivity index (χ3n) is 3.80. The van der Waals surface area contributed by atoms with E-state index in [4.69, 9.17) is 5.73 Å². The van der Waals surface area contributed by atoms with Gasteiger partial charge in [0.2, 0.25) is 0 Å². The lowest BCUT2D eigenvalue weighted by Crippen LogP contribution is -2.56. The third kappa shape index (κ3) is 2.27. The zero-order chi connectivity index (χ0) is 9.97. The second kappa shape index (κ2) is 4.60. The number of hydrogen-bond acceptors (Lipinski definition) is 3. The molecule has 1 aliphatic carbocycles. The van der Waals surface area contributed by atoms with E-state index in [2.05, 4.69) is 4.90 Å². The molecule has 1 saturated heterocycles. The summed E-state index contributed by atoms with van der Waals surface area (Å²) in [5.74, 6) is 0.877. The third-order valence-corrected chi connectivity index (χ3v) is 3.80. The highest BCUT2D eigenvalue weighted by atomic mass is 16.3. The van der Waals surface area contributed by atoms with E-state index in [1.165, 1.54) is 32.1 Å². The number of nitrogens with zero attached hydrogens (tertiary/aromatic N) is 1. The maximum absolute atomic E-state index is 9.23. The number of hydrogen-bond donors (Lipinski definition) is 2. The van der Waals surface area contributed by atoms with Gasteiger partial charge in [0.15, 0.2) is 0 Å². The summed E-state index contributed by atoms with van der Waals surface area (Å²) in [5.41, 5.74) is 5.57. The number of nitrogens with two attached hydrogens (primary N) is 1. The Morgan fingerprint density at radius 2 is 1.79 bits per heavy atom. The fourth-order valence-electron chi connectivity index (χ4n) is 2.82. The van der Waals surface area contributed by atoms with Gasteiger partial charge in [0.05, 0.1) is 6.10 Å². The number of β-amino-alcohol motifs (C(OH)–C–C–N with tert-alkyl or cyclic N) is 1. The first-order valence-corrected chi connectivity index (χ1v) is 5.91. The van der Waals surface area contributed by atoms with Crippen LogP contribution < -0.4 is 5.73 Å². The predicted octanol–water partition coefficient (Wildman–Crippen LogP) is 0.570. The number of aliphatic hydroxyl groups is 1. The van der Waals surface area contributed by atoms with E-state index in [-0.39, 0.29) is 6.10 Å². The van der Waals surface area contributed by atoms with E-state index in [0.29, 0.717) is 0 Å². The summed E-state index contributed by atoms with van der Waals surface area (Å²) < 4.78 is 0. The Morgan fingerprint density at radius 3 is 2.29 bits per heavy atom. The van der Waals surface area contributed by atoms with Gasteiger partial charge in [0.25, 0.3) is 0 Å². The zero-order valence-corrected chi connectivity index (χ0v) is 8.86. The van der Waals surface area contributed by atoms with Crippen LogP contribution >= 0.6 is 0 Å². The molecular formula is C11H22N2O. The highest BCUT2D eigenvalue weighted by Crippen LogP contribution is 2.31. The molecule has 2 fully saturated rings. The van der Waals surface area contributed by atoms with Gasteiger partial charge >= 0.3 is 0 Å². The molecule has 0 radical (unpaired) electrons. The van der Waals surface area contributed by atoms with Gasteiger partial charge in [-0.3, -0.25) is 4.90 Å². The SMILES string of the molecule is NCCC1CCC(N2CC(O)C2)CC1. The van der Waals surface area contributed by atoms with Crippen molar-refractivity contribution in [3.8, 4) is 0 Å². The molecule has 0 aromatic heterocycles. The molecule has 0 aromatic carbocycles. The fraction of sp³-hybridized carbons (Fsp3) is 1.00. The van der Waals surface area contributed by atoms with Crippen molar-refractivity contribution < 1.29 is 5.11 Å². The highest BCUT2D eigenvalue weighted by molar-refractivity contribution is 4.88. The first kappa shape index (κ1) is 10.4. The summed E-state index contributed by atoms with van der Waals surface area (Å²) in [6.07, 6.45) is 6.48. The van der Waals surface area contributed by atoms with E-state index in [0.717, 1.165) is 31.6 Å². The van der Waals surface area contributed by atoms with Gasteiger partial charge in [-0.05, 0) is 44.6 Å². The van der Waals surface area contributed by atoms with Crippen LogP contribution in [-0.4, -0.2) is 41.8 Å². The molecule has 3 heteroatoms. The van der Waals surface area contributed by atoms with E-state index in [9.17, 15) is 5.11 Å². The maximum Gasteiger partial charge on any atom is 0.0794 e. The molecule has 0 aromatic rings. The lowest BCUT2D eigenvalue weighted by Gasteiger charge is -2.44. The predicted molar refractivity (Wildman–Crippen MR) is 57.0 cm³/mol. The molecule has 3 N–H and O–H groups in total. The Morgan fingerprint density at radius 1 is 1.14 bits per heavy atom. The van der Waals surface area contributed by atoms with Crippen molar-refractivity contribution in [2.75, 3.05) is 19.6 Å². The smallest absolute Gasteiger partial charge is 0.0794 e. The molecule has 0 atom stereocenters. The van der Waals surface area contributed by atoms with Crippen LogP contribution in [0.5, 0.6) is 0 Å². The largest absolute Gasteiger partial charge is 0.390 e. The fourth-order valence-corrected chi connectivity index (χ4v) is 2.82. The van der Waals surface area contributed by atoms with Crippen molar-refractivity contribution in [1.29, 1.82) is 0 Å². The van der Waals surface area contributed by atoms with Crippen LogP contribution in [0.25, 0.3) is 0 Å². The lowest BCUT2D eigenvalue weighted by molar-refractivity contribution is -0.0366. The molecule has 0 amide bonds. The van der Waals surface area contributed by atoms with Gasteiger partial charge in [-0.2, -0.15) is 0 Å². The Hall–Kier alpha value is -0.120. The van der Waals surface area contributed by atoms with Crippen molar-refractivity contribution >= 4 is 0 Å². The molecule has 14 heavy (non-hydrogen) atoms. The first-order chi connectivity index (χ1) is 6.79. The second-order valence-electron chi connectivity index (χ2n) is 4.86. The minimum Gasteiger partial charge on any atom is -0.390 e. The van der Waals surface area contributed by atoms with Gasteiger partial charge in [-0.1, -0.05) is 0 Å². The Bertz CT molecular complexity index is 172. The van der Waals surface area contributed by atoms with Crippen molar-refractivity contribution in [2.24, 2.45) is 11.7 Å². The molecule has 1 saturated carbocycles. The van der Waals surface area contributed by atoms with E-state index in [1.807, 2.05) is 0 Å². The van der Waals surface area contributed by atoms with Crippen LogP contribution in [-0.2, 0) is 0 Å². The van der Waals surface area contributed by atoms with E-state index < -0.39 is 0 Å². The normalized spacial score (nSPS) is 35.6. The van der Waals surface area contributed by atoms with Crippen LogP contribution in [0.4, 0.5) is 0 Å². The second-order valence-corrected chi connectivity index (χ2v) is 4.86. The highest BCUT2D eigenvalue weighted by Gasteiger charge is 2.32. The monoisotopic (exact) mass is 198 g/mol. The lowest BCUT2D eigenvalue weighted by atomic mass is 9.82. The maximum atomic E-state index is 9.23. The van der Waals surface area contributed by atoms with Crippen molar-refractivity contribution in [3.05, 3.63) is 0 Å². The summed E-state index contributed by atoms with van der Waals surface area (Å²) in [7, 11) is 0. The molecule has 2 aliphatic rings. The zero-order valence-electron chi connectivity index (χ0n) is 8.86. The van der Waals surface area contributed by atoms with Crippen LogP contribution in [0, 0.1) is 5.92 Å². The number of rotatable bonds is 3. The number of aliphatic hydroxyl groups excluding tert-OH is 1. The van der Waals surface area contributed by atoms with Crippen molar-refractivity contribution in [2.45, 2.75) is 44.2 Å². The van der Waals surface area contributed by atoms with E-state index >= 15 is 0 Å². The Labute approximate surface area is 86.3 Å². The standard InChI is InChI=1S/C11H22N2O/c12-6-5-9-1-3-10(4-2-9)13-7-11(14)8-13/h9-11,14H,1-8,12H2. The summed E-state index contributed by atoms with van der Waals surface area (Å²) >= 11 is 0. The Kier molecular flexibility index (Phi) is 3.42. The number of likely N-dealkylation sites (tertiary alicyclic amines) is 1. The average molecular weight is 198 g/mol. The molecule has 0 bridgehead atoms. The summed E-state index contributed by atoms with van der Waals surface area (Å²) in [4.78, 5) is 2.43. The minimum absolute atomic E-state index is 0.0447. The van der Waals surface area contributed by atoms with Crippen LogP contribution in [0.15, 0.2) is 0 Å². The van der Waals surface area contributed by atoms with Crippen LogP contribution in [0.2, 0.25) is 0 Å². The molecule has 0 spiro atoms. The molecule has 3 nitrogen and oxygen atoms in total. The van der Waals surface area contributed by atoms with Gasteiger partial charge < -0.3 is 10.8 Å². The topological polar surface area (TPSA) is 49.5 Å². The van der Waals surface area contributed by atoms with Crippen molar-refractivity contribution in [3.63, 3.8) is 0 Å². The quantitative estimate of drug-likeness (QED) is 0.697. The summed E-state index contributed by atoms with van der Waals surface area (Å²) in [6.45, 7) is 2.66. The first-order valence-electron chi connectivity index (χ1n) is 5.91. The van der Waals surface area contributed by atoms with Crippen LogP contribution in [0.1, 0.15) is 32.1 Å². The van der Waals surface area contributed by atoms with Gasteiger partial charge in [0.1, 0.15) is 0 Å². The molecular weight excluding hydrogens is 176 g/mol. The molecule has 1 aliphatic heterocycles. The summed E-state index contributed by atoms with van der Waals surface area (Å²) in [6, 6.07) is 0.757. The van der Waals surface area contributed by atoms with Gasteiger partial charge in [-0.15, -0.1) is 0 Å². The molecule has 82 valence electrons. The van der Waals surface area contributed by atoms with E-state index in [1.54, 1.807) is 0 Å². The molecule has 1 heterocycles. The van der Waals surface area contributed by atoms with Crippen LogP contribution in [0.3, 0.4) is 0 Å². The molecule has 2 rings (SSSR count). The average Bonchev–Trinajstić information content (AvgIpc) is 2.15.